The first kappa shape index (κ1) is 16.2. The van der Waals surface area contributed by atoms with E-state index in [0.717, 1.165) is 11.0 Å². The van der Waals surface area contributed by atoms with Gasteiger partial charge in [-0.3, -0.25) is 4.79 Å². The highest BCUT2D eigenvalue weighted by molar-refractivity contribution is 5.99. The minimum Gasteiger partial charge on any atom is -0.347 e. The SMILES string of the molecule is CC(C)[C@H](Cn1nnc2ccccc21)NC(=O)c1cnn2cccnc12. The summed E-state index contributed by atoms with van der Waals surface area (Å²) in [5.41, 5.74) is 2.79. The van der Waals surface area contributed by atoms with Crippen LogP contribution in [0.1, 0.15) is 24.2 Å². The van der Waals surface area contributed by atoms with E-state index in [2.05, 4.69) is 39.6 Å². The number of carbonyl (C=O) groups is 1. The third-order valence-corrected chi connectivity index (χ3v) is 4.44. The van der Waals surface area contributed by atoms with E-state index in [-0.39, 0.29) is 17.9 Å². The molecule has 1 atom stereocenters. The number of carbonyl (C=O) groups excluding carboxylic acids is 1. The third-order valence-electron chi connectivity index (χ3n) is 4.44. The molecule has 0 unspecified atom stereocenters. The number of fused-ring (bicyclic) bond motifs is 2. The van der Waals surface area contributed by atoms with Gasteiger partial charge in [0.05, 0.1) is 24.3 Å². The fourth-order valence-electron chi connectivity index (χ4n) is 2.90. The van der Waals surface area contributed by atoms with Gasteiger partial charge in [-0.2, -0.15) is 5.10 Å². The Bertz CT molecular complexity index is 1070. The fourth-order valence-corrected chi connectivity index (χ4v) is 2.90. The molecule has 0 fully saturated rings. The van der Waals surface area contributed by atoms with Crippen molar-refractivity contribution in [2.45, 2.75) is 26.4 Å². The second-order valence-electron chi connectivity index (χ2n) is 6.53. The Hall–Kier alpha value is -3.29. The van der Waals surface area contributed by atoms with E-state index >= 15 is 0 Å². The Balaban J connectivity index is 1.58. The lowest BCUT2D eigenvalue weighted by molar-refractivity contribution is 0.0921. The summed E-state index contributed by atoms with van der Waals surface area (Å²) in [6.45, 7) is 4.67. The van der Waals surface area contributed by atoms with Crippen molar-refractivity contribution in [3.63, 3.8) is 0 Å². The fraction of sp³-hybridized carbons (Fsp3) is 0.278. The molecule has 0 saturated heterocycles. The van der Waals surface area contributed by atoms with Crippen molar-refractivity contribution >= 4 is 22.6 Å². The van der Waals surface area contributed by atoms with E-state index in [1.54, 1.807) is 29.2 Å². The molecule has 132 valence electrons. The van der Waals surface area contributed by atoms with E-state index in [0.29, 0.717) is 17.8 Å². The number of aromatic nitrogens is 6. The molecule has 3 heterocycles. The molecule has 0 saturated carbocycles. The van der Waals surface area contributed by atoms with Crippen LogP contribution in [0.5, 0.6) is 0 Å². The molecule has 8 nitrogen and oxygen atoms in total. The van der Waals surface area contributed by atoms with Crippen LogP contribution in [0.2, 0.25) is 0 Å². The zero-order valence-corrected chi connectivity index (χ0v) is 14.6. The van der Waals surface area contributed by atoms with Gasteiger partial charge in [0, 0.05) is 12.4 Å². The van der Waals surface area contributed by atoms with E-state index in [1.807, 2.05) is 28.9 Å². The van der Waals surface area contributed by atoms with Gasteiger partial charge in [-0.05, 0) is 24.1 Å². The number of benzene rings is 1. The normalized spacial score (nSPS) is 12.7. The lowest BCUT2D eigenvalue weighted by atomic mass is 10.0. The molecule has 0 aliphatic carbocycles. The zero-order chi connectivity index (χ0) is 18.1. The molecule has 1 amide bonds. The molecule has 0 radical (unpaired) electrons. The number of hydrogen-bond acceptors (Lipinski definition) is 5. The lowest BCUT2D eigenvalue weighted by Crippen LogP contribution is -2.41. The summed E-state index contributed by atoms with van der Waals surface area (Å²) in [7, 11) is 0. The minimum absolute atomic E-state index is 0.105. The maximum Gasteiger partial charge on any atom is 0.257 e. The van der Waals surface area contributed by atoms with E-state index < -0.39 is 0 Å². The first-order valence-electron chi connectivity index (χ1n) is 8.51. The van der Waals surface area contributed by atoms with Crippen molar-refractivity contribution in [1.29, 1.82) is 0 Å². The summed E-state index contributed by atoms with van der Waals surface area (Å²) in [4.78, 5) is 17.0. The molecular formula is C18H19N7O. The Kier molecular flexibility index (Phi) is 4.08. The maximum absolute atomic E-state index is 12.8. The Morgan fingerprint density at radius 2 is 2.08 bits per heavy atom. The first-order valence-corrected chi connectivity index (χ1v) is 8.51. The Morgan fingerprint density at radius 1 is 1.23 bits per heavy atom. The van der Waals surface area contributed by atoms with Crippen LogP contribution in [0.25, 0.3) is 16.7 Å². The highest BCUT2D eigenvalue weighted by atomic mass is 16.1. The number of para-hydroxylation sites is 1. The predicted molar refractivity (Wildman–Crippen MR) is 96.6 cm³/mol. The largest absolute Gasteiger partial charge is 0.347 e. The van der Waals surface area contributed by atoms with Crippen molar-refractivity contribution < 1.29 is 4.79 Å². The van der Waals surface area contributed by atoms with Gasteiger partial charge < -0.3 is 5.32 Å². The number of hydrogen-bond donors (Lipinski definition) is 1. The van der Waals surface area contributed by atoms with Crippen LogP contribution >= 0.6 is 0 Å². The van der Waals surface area contributed by atoms with Crippen LogP contribution in [0, 0.1) is 5.92 Å². The standard InChI is InChI=1S/C18H19N7O/c1-12(2)15(11-25-16-7-4-3-6-14(16)22-23-25)21-18(26)13-10-20-24-9-5-8-19-17(13)24/h3-10,12,15H,11H2,1-2H3,(H,21,26)/t15-/m0/s1. The van der Waals surface area contributed by atoms with Crippen LogP contribution in [0.15, 0.2) is 48.9 Å². The van der Waals surface area contributed by atoms with Gasteiger partial charge in [-0.25, -0.2) is 14.2 Å². The number of rotatable bonds is 5. The van der Waals surface area contributed by atoms with Gasteiger partial charge in [-0.15, -0.1) is 5.10 Å². The highest BCUT2D eigenvalue weighted by Crippen LogP contribution is 2.14. The Morgan fingerprint density at radius 3 is 2.92 bits per heavy atom. The van der Waals surface area contributed by atoms with Crippen molar-refractivity contribution in [3.8, 4) is 0 Å². The predicted octanol–water partition coefficient (Wildman–Crippen LogP) is 1.93. The van der Waals surface area contributed by atoms with E-state index in [9.17, 15) is 4.79 Å². The molecule has 26 heavy (non-hydrogen) atoms. The summed E-state index contributed by atoms with van der Waals surface area (Å²) in [5, 5.41) is 15.7. The van der Waals surface area contributed by atoms with Crippen LogP contribution in [-0.4, -0.2) is 41.5 Å². The molecule has 8 heteroatoms. The molecule has 1 N–H and O–H groups in total. The number of nitrogens with one attached hydrogen (secondary N) is 1. The van der Waals surface area contributed by atoms with E-state index in [1.165, 1.54) is 0 Å². The topological polar surface area (TPSA) is 90.0 Å². The van der Waals surface area contributed by atoms with Crippen LogP contribution < -0.4 is 5.32 Å². The summed E-state index contributed by atoms with van der Waals surface area (Å²) < 4.78 is 3.42. The minimum atomic E-state index is -0.193. The molecule has 1 aromatic carbocycles. The van der Waals surface area contributed by atoms with Gasteiger partial charge in [0.15, 0.2) is 5.65 Å². The second kappa shape index (κ2) is 6.55. The monoisotopic (exact) mass is 349 g/mol. The van der Waals surface area contributed by atoms with Gasteiger partial charge in [0.2, 0.25) is 0 Å². The van der Waals surface area contributed by atoms with Crippen molar-refractivity contribution in [2.75, 3.05) is 0 Å². The molecule has 4 aromatic rings. The summed E-state index contributed by atoms with van der Waals surface area (Å²) in [6.07, 6.45) is 4.95. The molecule has 0 bridgehead atoms. The average molecular weight is 349 g/mol. The highest BCUT2D eigenvalue weighted by Gasteiger charge is 2.21. The lowest BCUT2D eigenvalue weighted by Gasteiger charge is -2.22. The number of nitrogens with zero attached hydrogens (tertiary/aromatic N) is 6. The Labute approximate surface area is 149 Å². The van der Waals surface area contributed by atoms with Crippen molar-refractivity contribution in [1.82, 2.24) is 34.9 Å². The maximum atomic E-state index is 12.8. The smallest absolute Gasteiger partial charge is 0.257 e. The van der Waals surface area contributed by atoms with Crippen LogP contribution in [0.3, 0.4) is 0 Å². The quantitative estimate of drug-likeness (QED) is 0.594. The molecule has 4 rings (SSSR count). The van der Waals surface area contributed by atoms with Gasteiger partial charge in [-0.1, -0.05) is 31.2 Å². The van der Waals surface area contributed by atoms with E-state index in [4.69, 9.17) is 0 Å². The molecular weight excluding hydrogens is 330 g/mol. The summed E-state index contributed by atoms with van der Waals surface area (Å²) in [5.74, 6) is 0.0264. The van der Waals surface area contributed by atoms with Gasteiger partial charge in [0.25, 0.3) is 5.91 Å². The summed E-state index contributed by atoms with van der Waals surface area (Å²) in [6, 6.07) is 9.45. The van der Waals surface area contributed by atoms with Crippen LogP contribution in [0.4, 0.5) is 0 Å². The van der Waals surface area contributed by atoms with Crippen molar-refractivity contribution in [2.24, 2.45) is 5.92 Å². The van der Waals surface area contributed by atoms with Gasteiger partial charge >= 0.3 is 0 Å². The molecule has 0 spiro atoms. The second-order valence-corrected chi connectivity index (χ2v) is 6.53. The van der Waals surface area contributed by atoms with Crippen molar-refractivity contribution in [3.05, 3.63) is 54.5 Å². The summed E-state index contributed by atoms with van der Waals surface area (Å²) >= 11 is 0. The molecule has 0 aliphatic heterocycles. The zero-order valence-electron chi connectivity index (χ0n) is 14.6. The van der Waals surface area contributed by atoms with Gasteiger partial charge in [0.1, 0.15) is 11.1 Å². The third kappa shape index (κ3) is 2.90. The average Bonchev–Trinajstić information content (AvgIpc) is 3.25. The first-order chi connectivity index (χ1) is 12.6. The molecule has 0 aliphatic rings. The van der Waals surface area contributed by atoms with Crippen LogP contribution in [-0.2, 0) is 6.54 Å². The number of amides is 1. The molecule has 3 aromatic heterocycles.